The van der Waals surface area contributed by atoms with E-state index < -0.39 is 5.38 Å². The highest BCUT2D eigenvalue weighted by Gasteiger charge is 2.11. The molecule has 0 aliphatic carbocycles. The Morgan fingerprint density at radius 3 is 2.28 bits per heavy atom. The van der Waals surface area contributed by atoms with Crippen molar-refractivity contribution in [2.24, 2.45) is 0 Å². The highest BCUT2D eigenvalue weighted by atomic mass is 35.5. The standard InChI is InChI=1S/C16H23ClO/c1-3-4-5-6-7-8-14-9-11-15(12-10-14)16(18)13(2)17/h9-13H,3-8H2,1-2H3. The number of halogens is 1. The van der Waals surface area contributed by atoms with Crippen molar-refractivity contribution in [3.05, 3.63) is 35.4 Å². The number of carbonyl (C=O) groups is 1. The van der Waals surface area contributed by atoms with Gasteiger partial charge in [-0.25, -0.2) is 0 Å². The molecule has 0 aliphatic rings. The van der Waals surface area contributed by atoms with Gasteiger partial charge in [-0.3, -0.25) is 4.79 Å². The van der Waals surface area contributed by atoms with Crippen molar-refractivity contribution in [1.29, 1.82) is 0 Å². The molecule has 0 spiro atoms. The van der Waals surface area contributed by atoms with E-state index in [-0.39, 0.29) is 5.78 Å². The third-order valence-corrected chi connectivity index (χ3v) is 3.37. The summed E-state index contributed by atoms with van der Waals surface area (Å²) in [7, 11) is 0. The summed E-state index contributed by atoms with van der Waals surface area (Å²) >= 11 is 5.79. The molecule has 0 saturated carbocycles. The van der Waals surface area contributed by atoms with Crippen LogP contribution in [-0.2, 0) is 6.42 Å². The van der Waals surface area contributed by atoms with Gasteiger partial charge in [-0.1, -0.05) is 56.9 Å². The maximum Gasteiger partial charge on any atom is 0.180 e. The van der Waals surface area contributed by atoms with Crippen LogP contribution in [-0.4, -0.2) is 11.2 Å². The SMILES string of the molecule is CCCCCCCc1ccc(C(=O)C(C)Cl)cc1. The van der Waals surface area contributed by atoms with Crippen LogP contribution in [0.25, 0.3) is 0 Å². The summed E-state index contributed by atoms with van der Waals surface area (Å²) < 4.78 is 0. The molecule has 100 valence electrons. The number of aryl methyl sites for hydroxylation is 1. The molecule has 1 aromatic carbocycles. The Morgan fingerprint density at radius 2 is 1.72 bits per heavy atom. The number of rotatable bonds is 8. The highest BCUT2D eigenvalue weighted by molar-refractivity contribution is 6.33. The Labute approximate surface area is 116 Å². The summed E-state index contributed by atoms with van der Waals surface area (Å²) in [4.78, 5) is 11.7. The summed E-state index contributed by atoms with van der Waals surface area (Å²) in [6.07, 6.45) is 7.59. The minimum Gasteiger partial charge on any atom is -0.293 e. The van der Waals surface area contributed by atoms with Crippen LogP contribution in [0.15, 0.2) is 24.3 Å². The van der Waals surface area contributed by atoms with E-state index in [1.54, 1.807) is 6.92 Å². The first kappa shape index (κ1) is 15.2. The maximum absolute atomic E-state index is 11.7. The Morgan fingerprint density at radius 1 is 1.11 bits per heavy atom. The van der Waals surface area contributed by atoms with Crippen LogP contribution in [0.4, 0.5) is 0 Å². The van der Waals surface area contributed by atoms with Crippen molar-refractivity contribution in [3.63, 3.8) is 0 Å². The molecule has 1 atom stereocenters. The highest BCUT2D eigenvalue weighted by Crippen LogP contribution is 2.13. The normalized spacial score (nSPS) is 12.4. The van der Waals surface area contributed by atoms with Crippen molar-refractivity contribution >= 4 is 17.4 Å². The molecule has 1 rings (SSSR count). The van der Waals surface area contributed by atoms with Crippen LogP contribution in [0, 0.1) is 0 Å². The molecule has 0 heterocycles. The lowest BCUT2D eigenvalue weighted by molar-refractivity contribution is 0.0992. The zero-order valence-electron chi connectivity index (χ0n) is 11.4. The van der Waals surface area contributed by atoms with Gasteiger partial charge in [-0.15, -0.1) is 11.6 Å². The monoisotopic (exact) mass is 266 g/mol. The van der Waals surface area contributed by atoms with Gasteiger partial charge >= 0.3 is 0 Å². The number of ketones is 1. The molecule has 0 N–H and O–H groups in total. The molecule has 0 aromatic heterocycles. The van der Waals surface area contributed by atoms with E-state index in [0.717, 1.165) is 6.42 Å². The average Bonchev–Trinajstić information content (AvgIpc) is 2.38. The average molecular weight is 267 g/mol. The number of alkyl halides is 1. The topological polar surface area (TPSA) is 17.1 Å². The van der Waals surface area contributed by atoms with Gasteiger partial charge < -0.3 is 0 Å². The van der Waals surface area contributed by atoms with Gasteiger partial charge in [0.1, 0.15) is 0 Å². The van der Waals surface area contributed by atoms with Gasteiger partial charge in [0.15, 0.2) is 5.78 Å². The zero-order valence-corrected chi connectivity index (χ0v) is 12.2. The quantitative estimate of drug-likeness (QED) is 0.367. The number of hydrogen-bond donors (Lipinski definition) is 0. The molecule has 0 amide bonds. The third kappa shape index (κ3) is 5.22. The Balaban J connectivity index is 2.38. The third-order valence-electron chi connectivity index (χ3n) is 3.17. The molecule has 0 radical (unpaired) electrons. The molecule has 18 heavy (non-hydrogen) atoms. The number of carbonyl (C=O) groups excluding carboxylic acids is 1. The van der Waals surface area contributed by atoms with E-state index in [1.165, 1.54) is 37.7 Å². The fourth-order valence-corrected chi connectivity index (χ4v) is 2.12. The lowest BCUT2D eigenvalue weighted by Crippen LogP contribution is -2.10. The maximum atomic E-state index is 11.7. The second-order valence-electron chi connectivity index (χ2n) is 4.84. The van der Waals surface area contributed by atoms with Gasteiger partial charge in [-0.2, -0.15) is 0 Å². The van der Waals surface area contributed by atoms with Gasteiger partial charge in [0.25, 0.3) is 0 Å². The van der Waals surface area contributed by atoms with Crippen molar-refractivity contribution < 1.29 is 4.79 Å². The predicted molar refractivity (Wildman–Crippen MR) is 78.6 cm³/mol. The number of Topliss-reactive ketones (excluding diaryl/α,β-unsaturated/α-hetero) is 1. The zero-order chi connectivity index (χ0) is 13.4. The molecular weight excluding hydrogens is 244 g/mol. The first-order valence-electron chi connectivity index (χ1n) is 6.92. The fourth-order valence-electron chi connectivity index (χ4n) is 2.00. The Kier molecular flexibility index (Phi) is 7.04. The molecule has 1 nitrogen and oxygen atoms in total. The van der Waals surface area contributed by atoms with Gasteiger partial charge in [-0.05, 0) is 25.3 Å². The predicted octanol–water partition coefficient (Wildman–Crippen LogP) is 5.01. The number of benzene rings is 1. The van der Waals surface area contributed by atoms with Crippen LogP contribution in [0.1, 0.15) is 61.9 Å². The van der Waals surface area contributed by atoms with E-state index in [0.29, 0.717) is 5.56 Å². The molecule has 0 aliphatic heterocycles. The Bertz CT molecular complexity index is 354. The molecule has 1 unspecified atom stereocenters. The van der Waals surface area contributed by atoms with Crippen molar-refractivity contribution in [2.75, 3.05) is 0 Å². The summed E-state index contributed by atoms with van der Waals surface area (Å²) in [5, 5.41) is -0.440. The smallest absolute Gasteiger partial charge is 0.180 e. The molecule has 1 aromatic rings. The van der Waals surface area contributed by atoms with Gasteiger partial charge in [0, 0.05) is 5.56 Å². The van der Waals surface area contributed by atoms with Crippen molar-refractivity contribution in [2.45, 2.75) is 57.7 Å². The lowest BCUT2D eigenvalue weighted by Gasteiger charge is -2.05. The molecule has 0 saturated heterocycles. The largest absolute Gasteiger partial charge is 0.293 e. The summed E-state index contributed by atoms with van der Waals surface area (Å²) in [6, 6.07) is 7.88. The van der Waals surface area contributed by atoms with E-state index in [1.807, 2.05) is 24.3 Å². The van der Waals surface area contributed by atoms with Crippen molar-refractivity contribution in [1.82, 2.24) is 0 Å². The second-order valence-corrected chi connectivity index (χ2v) is 5.50. The minimum absolute atomic E-state index is 0.00571. The van der Waals surface area contributed by atoms with Crippen LogP contribution < -0.4 is 0 Å². The second kappa shape index (κ2) is 8.31. The number of unbranched alkanes of at least 4 members (excludes halogenated alkanes) is 4. The summed E-state index contributed by atoms with van der Waals surface area (Å²) in [6.45, 7) is 3.94. The Hall–Kier alpha value is -0.820. The molecule has 0 bridgehead atoms. The summed E-state index contributed by atoms with van der Waals surface area (Å²) in [5.74, 6) is 0.00571. The molecule has 0 fully saturated rings. The van der Waals surface area contributed by atoms with E-state index in [9.17, 15) is 4.79 Å². The van der Waals surface area contributed by atoms with Gasteiger partial charge in [0.2, 0.25) is 0 Å². The molecular formula is C16H23ClO. The minimum atomic E-state index is -0.440. The summed E-state index contributed by atoms with van der Waals surface area (Å²) in [5.41, 5.74) is 2.03. The lowest BCUT2D eigenvalue weighted by atomic mass is 10.0. The van der Waals surface area contributed by atoms with Crippen LogP contribution in [0.2, 0.25) is 0 Å². The number of hydrogen-bond acceptors (Lipinski definition) is 1. The van der Waals surface area contributed by atoms with Crippen LogP contribution in [0.5, 0.6) is 0 Å². The van der Waals surface area contributed by atoms with Crippen LogP contribution >= 0.6 is 11.6 Å². The first-order chi connectivity index (χ1) is 8.65. The van der Waals surface area contributed by atoms with E-state index >= 15 is 0 Å². The fraction of sp³-hybridized carbons (Fsp3) is 0.562. The van der Waals surface area contributed by atoms with Crippen LogP contribution in [0.3, 0.4) is 0 Å². The molecule has 2 heteroatoms. The van der Waals surface area contributed by atoms with E-state index in [2.05, 4.69) is 6.92 Å². The van der Waals surface area contributed by atoms with Crippen molar-refractivity contribution in [3.8, 4) is 0 Å². The first-order valence-corrected chi connectivity index (χ1v) is 7.36. The van der Waals surface area contributed by atoms with Gasteiger partial charge in [0.05, 0.1) is 5.38 Å². The van der Waals surface area contributed by atoms with E-state index in [4.69, 9.17) is 11.6 Å².